The number of fused-ring (bicyclic) bond motifs is 1. The van der Waals surface area contributed by atoms with Crippen molar-refractivity contribution in [2.24, 2.45) is 0 Å². The molecule has 1 aromatic carbocycles. The summed E-state index contributed by atoms with van der Waals surface area (Å²) >= 11 is 0. The summed E-state index contributed by atoms with van der Waals surface area (Å²) in [5, 5.41) is 0.332. The number of esters is 1. The summed E-state index contributed by atoms with van der Waals surface area (Å²) in [6.45, 7) is 1.69. The largest absolute Gasteiger partial charge is 0.469 e. The number of nitrogens with zero attached hydrogens (tertiary/aromatic N) is 1. The number of carbonyl (C=O) groups excluding carboxylic acids is 2. The number of ether oxygens (including phenoxy) is 1. The standard InChI is InChI=1S/C17H14N2O5/c1-9-11(5-6-24-9)14(20)8-15-18-13-7-10(17(22)23-2)3-4-12(13)16(21)19-15/h3-7H,8H2,1-2H3,(H,18,19,21). The highest BCUT2D eigenvalue weighted by Gasteiger charge is 2.15. The third-order valence-electron chi connectivity index (χ3n) is 3.66. The molecule has 122 valence electrons. The number of hydrogen-bond acceptors (Lipinski definition) is 6. The van der Waals surface area contributed by atoms with E-state index in [2.05, 4.69) is 14.7 Å². The van der Waals surface area contributed by atoms with Crippen molar-refractivity contribution >= 4 is 22.7 Å². The van der Waals surface area contributed by atoms with E-state index in [-0.39, 0.29) is 29.2 Å². The van der Waals surface area contributed by atoms with Crippen LogP contribution in [-0.4, -0.2) is 28.8 Å². The van der Waals surface area contributed by atoms with Crippen LogP contribution in [0, 0.1) is 6.92 Å². The highest BCUT2D eigenvalue weighted by Crippen LogP contribution is 2.14. The van der Waals surface area contributed by atoms with Gasteiger partial charge in [0.2, 0.25) is 0 Å². The van der Waals surface area contributed by atoms with Crippen LogP contribution in [0.4, 0.5) is 0 Å². The van der Waals surface area contributed by atoms with Crippen LogP contribution in [0.5, 0.6) is 0 Å². The Morgan fingerprint density at radius 1 is 1.29 bits per heavy atom. The molecule has 0 radical (unpaired) electrons. The van der Waals surface area contributed by atoms with E-state index < -0.39 is 5.97 Å². The van der Waals surface area contributed by atoms with E-state index >= 15 is 0 Å². The highest BCUT2D eigenvalue weighted by atomic mass is 16.5. The molecule has 0 aliphatic heterocycles. The van der Waals surface area contributed by atoms with E-state index in [4.69, 9.17) is 4.42 Å². The van der Waals surface area contributed by atoms with Gasteiger partial charge in [-0.1, -0.05) is 0 Å². The Balaban J connectivity index is 2.00. The molecule has 0 amide bonds. The minimum atomic E-state index is -0.523. The first-order valence-electron chi connectivity index (χ1n) is 7.18. The van der Waals surface area contributed by atoms with Crippen LogP contribution in [0.1, 0.15) is 32.3 Å². The third-order valence-corrected chi connectivity index (χ3v) is 3.66. The fourth-order valence-electron chi connectivity index (χ4n) is 2.44. The molecule has 2 heterocycles. The number of benzene rings is 1. The number of Topliss-reactive ketones (excluding diaryl/α,β-unsaturated/α-hetero) is 1. The molecule has 0 saturated heterocycles. The Bertz CT molecular complexity index is 1000. The molecule has 0 atom stereocenters. The van der Waals surface area contributed by atoms with Crippen LogP contribution >= 0.6 is 0 Å². The molecule has 0 aliphatic rings. The number of H-pyrrole nitrogens is 1. The minimum absolute atomic E-state index is 0.0754. The molecule has 7 heteroatoms. The molecule has 3 aromatic rings. The second kappa shape index (κ2) is 6.11. The smallest absolute Gasteiger partial charge is 0.337 e. The zero-order valence-corrected chi connectivity index (χ0v) is 13.1. The number of aryl methyl sites for hydroxylation is 1. The van der Waals surface area contributed by atoms with Crippen molar-refractivity contribution in [3.63, 3.8) is 0 Å². The number of aromatic nitrogens is 2. The lowest BCUT2D eigenvalue weighted by Crippen LogP contribution is -2.16. The van der Waals surface area contributed by atoms with Gasteiger partial charge in [0.25, 0.3) is 5.56 Å². The van der Waals surface area contributed by atoms with Crippen LogP contribution in [-0.2, 0) is 11.2 Å². The summed E-state index contributed by atoms with van der Waals surface area (Å²) in [5.41, 5.74) is 0.684. The zero-order valence-electron chi connectivity index (χ0n) is 13.1. The minimum Gasteiger partial charge on any atom is -0.469 e. The second-order valence-corrected chi connectivity index (χ2v) is 5.23. The average Bonchev–Trinajstić information content (AvgIpc) is 2.99. The Hall–Kier alpha value is -3.22. The van der Waals surface area contributed by atoms with Crippen molar-refractivity contribution in [3.05, 3.63) is 63.6 Å². The van der Waals surface area contributed by atoms with E-state index in [0.717, 1.165) is 0 Å². The average molecular weight is 326 g/mol. The van der Waals surface area contributed by atoms with E-state index in [1.54, 1.807) is 13.0 Å². The molecular weight excluding hydrogens is 312 g/mol. The zero-order chi connectivity index (χ0) is 17.3. The Morgan fingerprint density at radius 2 is 2.08 bits per heavy atom. The van der Waals surface area contributed by atoms with E-state index in [1.807, 2.05) is 0 Å². The Labute approximate surface area is 136 Å². The Kier molecular flexibility index (Phi) is 3.99. The van der Waals surface area contributed by atoms with Crippen molar-refractivity contribution < 1.29 is 18.7 Å². The number of hydrogen-bond donors (Lipinski definition) is 1. The maximum atomic E-state index is 12.3. The van der Waals surface area contributed by atoms with Gasteiger partial charge in [-0.05, 0) is 31.2 Å². The summed E-state index contributed by atoms with van der Waals surface area (Å²) in [4.78, 5) is 42.9. The van der Waals surface area contributed by atoms with Crippen molar-refractivity contribution in [1.29, 1.82) is 0 Å². The van der Waals surface area contributed by atoms with Crippen molar-refractivity contribution in [1.82, 2.24) is 9.97 Å². The summed E-state index contributed by atoms with van der Waals surface area (Å²) < 4.78 is 9.76. The maximum Gasteiger partial charge on any atom is 0.337 e. The molecule has 2 aromatic heterocycles. The predicted octanol–water partition coefficient (Wildman–Crippen LogP) is 2.04. The van der Waals surface area contributed by atoms with Crippen LogP contribution in [0.25, 0.3) is 10.9 Å². The molecule has 1 N–H and O–H groups in total. The van der Waals surface area contributed by atoms with Crippen LogP contribution in [0.2, 0.25) is 0 Å². The number of methoxy groups -OCH3 is 1. The first-order chi connectivity index (χ1) is 11.5. The topological polar surface area (TPSA) is 102 Å². The normalized spacial score (nSPS) is 10.8. The molecule has 0 aliphatic carbocycles. The van der Waals surface area contributed by atoms with Crippen molar-refractivity contribution in [3.8, 4) is 0 Å². The number of furan rings is 1. The molecule has 3 rings (SSSR count). The lowest BCUT2D eigenvalue weighted by atomic mass is 10.1. The summed E-state index contributed by atoms with van der Waals surface area (Å²) in [7, 11) is 1.27. The fourth-order valence-corrected chi connectivity index (χ4v) is 2.44. The van der Waals surface area contributed by atoms with Crippen LogP contribution in [0.15, 0.2) is 39.7 Å². The second-order valence-electron chi connectivity index (χ2n) is 5.23. The van der Waals surface area contributed by atoms with Gasteiger partial charge in [0, 0.05) is 0 Å². The quantitative estimate of drug-likeness (QED) is 0.581. The van der Waals surface area contributed by atoms with Gasteiger partial charge in [-0.3, -0.25) is 9.59 Å². The number of rotatable bonds is 4. The first kappa shape index (κ1) is 15.7. The van der Waals surface area contributed by atoms with E-state index in [1.165, 1.54) is 31.6 Å². The van der Waals surface area contributed by atoms with E-state index in [9.17, 15) is 14.4 Å². The molecule has 7 nitrogen and oxygen atoms in total. The van der Waals surface area contributed by atoms with Gasteiger partial charge in [-0.25, -0.2) is 9.78 Å². The number of nitrogens with one attached hydrogen (secondary N) is 1. The first-order valence-corrected chi connectivity index (χ1v) is 7.18. The summed E-state index contributed by atoms with van der Waals surface area (Å²) in [5.74, 6) is -0.00488. The summed E-state index contributed by atoms with van der Waals surface area (Å²) in [6.07, 6.45) is 1.36. The van der Waals surface area contributed by atoms with E-state index in [0.29, 0.717) is 22.2 Å². The molecule has 0 spiro atoms. The number of aromatic amines is 1. The lowest BCUT2D eigenvalue weighted by Gasteiger charge is -2.04. The number of carbonyl (C=O) groups is 2. The number of ketones is 1. The molecule has 24 heavy (non-hydrogen) atoms. The molecule has 0 fully saturated rings. The third kappa shape index (κ3) is 2.83. The highest BCUT2D eigenvalue weighted by molar-refractivity contribution is 5.98. The van der Waals surface area contributed by atoms with Gasteiger partial charge in [0.05, 0.1) is 41.8 Å². The van der Waals surface area contributed by atoms with Crippen molar-refractivity contribution in [2.75, 3.05) is 7.11 Å². The van der Waals surface area contributed by atoms with Gasteiger partial charge in [-0.15, -0.1) is 0 Å². The molecule has 0 saturated carbocycles. The van der Waals surface area contributed by atoms with Gasteiger partial charge >= 0.3 is 5.97 Å². The molecular formula is C17H14N2O5. The van der Waals surface area contributed by atoms with Gasteiger partial charge in [-0.2, -0.15) is 0 Å². The monoisotopic (exact) mass is 326 g/mol. The SMILES string of the molecule is COC(=O)c1ccc2c(=O)[nH]c(CC(=O)c3ccoc3C)nc2c1. The molecule has 0 unspecified atom stereocenters. The predicted molar refractivity (Wildman–Crippen MR) is 85.2 cm³/mol. The van der Waals surface area contributed by atoms with Gasteiger partial charge in [0.1, 0.15) is 11.6 Å². The molecule has 0 bridgehead atoms. The summed E-state index contributed by atoms with van der Waals surface area (Å²) in [6, 6.07) is 6.03. The lowest BCUT2D eigenvalue weighted by molar-refractivity contribution is 0.0600. The maximum absolute atomic E-state index is 12.3. The van der Waals surface area contributed by atoms with Crippen LogP contribution in [0.3, 0.4) is 0 Å². The van der Waals surface area contributed by atoms with Gasteiger partial charge < -0.3 is 14.1 Å². The Morgan fingerprint density at radius 3 is 2.75 bits per heavy atom. The van der Waals surface area contributed by atoms with Gasteiger partial charge in [0.15, 0.2) is 5.78 Å². The fraction of sp³-hybridized carbons (Fsp3) is 0.176. The van der Waals surface area contributed by atoms with Crippen molar-refractivity contribution in [2.45, 2.75) is 13.3 Å². The van der Waals surface area contributed by atoms with Crippen LogP contribution < -0.4 is 5.56 Å².